The van der Waals surface area contributed by atoms with Crippen LogP contribution in [0.3, 0.4) is 0 Å². The molecule has 0 amide bonds. The van der Waals surface area contributed by atoms with Gasteiger partial charge in [0.25, 0.3) is 0 Å². The summed E-state index contributed by atoms with van der Waals surface area (Å²) in [6.07, 6.45) is 4.48. The van der Waals surface area contributed by atoms with Crippen LogP contribution in [-0.4, -0.2) is 21.6 Å². The number of nitrogens with zero attached hydrogens (tertiary/aromatic N) is 2. The molecule has 1 heterocycles. The lowest BCUT2D eigenvalue weighted by Gasteiger charge is -2.11. The van der Waals surface area contributed by atoms with Crippen LogP contribution in [0.1, 0.15) is 54.1 Å². The van der Waals surface area contributed by atoms with Crippen LogP contribution >= 0.6 is 0 Å². The van der Waals surface area contributed by atoms with Gasteiger partial charge in [-0.2, -0.15) is 0 Å². The molecule has 4 nitrogen and oxygen atoms in total. The molecule has 16 heavy (non-hydrogen) atoms. The maximum atomic E-state index is 9.91. The van der Waals surface area contributed by atoms with Crippen LogP contribution in [0.5, 0.6) is 0 Å². The summed E-state index contributed by atoms with van der Waals surface area (Å²) >= 11 is 0. The minimum Gasteiger partial charge on any atom is -0.388 e. The van der Waals surface area contributed by atoms with E-state index in [1.165, 1.54) is 12.8 Å². The molecule has 0 aromatic carbocycles. The Morgan fingerprint density at radius 2 is 2.06 bits per heavy atom. The number of fused-ring (bicyclic) bond motifs is 1. The predicted octanol–water partition coefficient (Wildman–Crippen LogP) is 0.835. The first-order chi connectivity index (χ1) is 7.79. The summed E-state index contributed by atoms with van der Waals surface area (Å²) < 4.78 is 0. The van der Waals surface area contributed by atoms with Gasteiger partial charge in [0.15, 0.2) is 0 Å². The standard InChI is InChI=1S/C12H17N3O/c13-6-5-9-11-8(3-4-10(11)16)14-12(15-9)7-1-2-7/h7,10,16H,1-6,13H2. The van der Waals surface area contributed by atoms with Crippen molar-refractivity contribution >= 4 is 0 Å². The maximum Gasteiger partial charge on any atom is 0.131 e. The van der Waals surface area contributed by atoms with Gasteiger partial charge in [0.2, 0.25) is 0 Å². The third kappa shape index (κ3) is 1.62. The largest absolute Gasteiger partial charge is 0.388 e. The van der Waals surface area contributed by atoms with Gasteiger partial charge in [0.05, 0.1) is 17.5 Å². The molecule has 0 bridgehead atoms. The molecule has 0 radical (unpaired) electrons. The molecule has 1 aromatic rings. The summed E-state index contributed by atoms with van der Waals surface area (Å²) in [5, 5.41) is 9.91. The van der Waals surface area contributed by atoms with Gasteiger partial charge in [-0.3, -0.25) is 0 Å². The van der Waals surface area contributed by atoms with E-state index in [1.807, 2.05) is 0 Å². The molecule has 2 aliphatic carbocycles. The second-order valence-electron chi connectivity index (χ2n) is 4.76. The van der Waals surface area contributed by atoms with Crippen LogP contribution in [0.4, 0.5) is 0 Å². The molecule has 1 atom stereocenters. The third-order valence-electron chi connectivity index (χ3n) is 3.43. The van der Waals surface area contributed by atoms with E-state index in [1.54, 1.807) is 0 Å². The Balaban J connectivity index is 2.05. The van der Waals surface area contributed by atoms with Crippen molar-refractivity contribution < 1.29 is 5.11 Å². The summed E-state index contributed by atoms with van der Waals surface area (Å²) in [5.41, 5.74) is 8.62. The van der Waals surface area contributed by atoms with E-state index in [0.29, 0.717) is 12.5 Å². The van der Waals surface area contributed by atoms with Gasteiger partial charge in [0.1, 0.15) is 5.82 Å². The summed E-state index contributed by atoms with van der Waals surface area (Å²) in [4.78, 5) is 9.19. The zero-order valence-electron chi connectivity index (χ0n) is 9.32. The van der Waals surface area contributed by atoms with Crippen LogP contribution in [0.25, 0.3) is 0 Å². The Morgan fingerprint density at radius 1 is 1.25 bits per heavy atom. The van der Waals surface area contributed by atoms with E-state index in [4.69, 9.17) is 5.73 Å². The second-order valence-corrected chi connectivity index (χ2v) is 4.76. The molecule has 4 heteroatoms. The van der Waals surface area contributed by atoms with Gasteiger partial charge in [-0.15, -0.1) is 0 Å². The second kappa shape index (κ2) is 3.79. The highest BCUT2D eigenvalue weighted by molar-refractivity contribution is 5.33. The fourth-order valence-electron chi connectivity index (χ4n) is 2.43. The first-order valence-electron chi connectivity index (χ1n) is 6.07. The highest BCUT2D eigenvalue weighted by Crippen LogP contribution is 2.40. The van der Waals surface area contributed by atoms with Gasteiger partial charge in [-0.1, -0.05) is 0 Å². The van der Waals surface area contributed by atoms with E-state index >= 15 is 0 Å². The smallest absolute Gasteiger partial charge is 0.131 e. The molecule has 1 saturated carbocycles. The van der Waals surface area contributed by atoms with Crippen molar-refractivity contribution in [3.63, 3.8) is 0 Å². The number of nitrogens with two attached hydrogens (primary N) is 1. The molecule has 3 rings (SSSR count). The molecule has 1 unspecified atom stereocenters. The molecule has 3 N–H and O–H groups in total. The lowest BCUT2D eigenvalue weighted by atomic mass is 10.1. The first kappa shape index (κ1) is 10.2. The minimum absolute atomic E-state index is 0.371. The fourth-order valence-corrected chi connectivity index (χ4v) is 2.43. The quantitative estimate of drug-likeness (QED) is 0.790. The Kier molecular flexibility index (Phi) is 2.41. The number of hydrogen-bond acceptors (Lipinski definition) is 4. The predicted molar refractivity (Wildman–Crippen MR) is 60.0 cm³/mol. The van der Waals surface area contributed by atoms with E-state index in [9.17, 15) is 5.11 Å². The van der Waals surface area contributed by atoms with Crippen molar-refractivity contribution in [2.24, 2.45) is 5.73 Å². The molecule has 2 aliphatic rings. The Hall–Kier alpha value is -1.00. The molecule has 86 valence electrons. The number of hydrogen-bond donors (Lipinski definition) is 2. The number of aromatic nitrogens is 2. The van der Waals surface area contributed by atoms with Gasteiger partial charge in [0, 0.05) is 17.9 Å². The lowest BCUT2D eigenvalue weighted by Crippen LogP contribution is -2.12. The van der Waals surface area contributed by atoms with Gasteiger partial charge in [-0.25, -0.2) is 9.97 Å². The zero-order chi connectivity index (χ0) is 11.1. The Bertz CT molecular complexity index is 415. The van der Waals surface area contributed by atoms with Crippen molar-refractivity contribution in [3.8, 4) is 0 Å². The molecule has 1 aromatic heterocycles. The van der Waals surface area contributed by atoms with Crippen LogP contribution < -0.4 is 5.73 Å². The highest BCUT2D eigenvalue weighted by Gasteiger charge is 2.31. The summed E-state index contributed by atoms with van der Waals surface area (Å²) in [6.45, 7) is 0.584. The Morgan fingerprint density at radius 3 is 2.75 bits per heavy atom. The number of aryl methyl sites for hydroxylation is 1. The Labute approximate surface area is 94.9 Å². The van der Waals surface area contributed by atoms with Crippen LogP contribution in [0, 0.1) is 0 Å². The molecular weight excluding hydrogens is 202 g/mol. The first-order valence-corrected chi connectivity index (χ1v) is 6.07. The molecule has 1 fully saturated rings. The normalized spacial score (nSPS) is 23.5. The molecule has 0 aliphatic heterocycles. The number of aliphatic hydroxyl groups is 1. The summed E-state index contributed by atoms with van der Waals surface area (Å²) in [6, 6.07) is 0. The number of aliphatic hydroxyl groups excluding tert-OH is 1. The van der Waals surface area contributed by atoms with Crippen molar-refractivity contribution in [2.75, 3.05) is 6.54 Å². The topological polar surface area (TPSA) is 72.0 Å². The lowest BCUT2D eigenvalue weighted by molar-refractivity contribution is 0.178. The van der Waals surface area contributed by atoms with Crippen LogP contribution in [-0.2, 0) is 12.8 Å². The maximum absolute atomic E-state index is 9.91. The zero-order valence-corrected chi connectivity index (χ0v) is 9.32. The third-order valence-corrected chi connectivity index (χ3v) is 3.43. The molecule has 0 spiro atoms. The van der Waals surface area contributed by atoms with Crippen molar-refractivity contribution in [1.29, 1.82) is 0 Å². The summed E-state index contributed by atoms with van der Waals surface area (Å²) in [5.74, 6) is 1.55. The van der Waals surface area contributed by atoms with Crippen molar-refractivity contribution in [3.05, 3.63) is 22.8 Å². The highest BCUT2D eigenvalue weighted by atomic mass is 16.3. The monoisotopic (exact) mass is 219 g/mol. The van der Waals surface area contributed by atoms with Gasteiger partial charge >= 0.3 is 0 Å². The van der Waals surface area contributed by atoms with Gasteiger partial charge in [-0.05, 0) is 32.2 Å². The fraction of sp³-hybridized carbons (Fsp3) is 0.667. The van der Waals surface area contributed by atoms with E-state index in [2.05, 4.69) is 9.97 Å². The molecular formula is C12H17N3O. The molecule has 0 saturated heterocycles. The van der Waals surface area contributed by atoms with Crippen molar-refractivity contribution in [2.45, 2.75) is 44.1 Å². The SMILES string of the molecule is NCCc1nc(C2CC2)nc2c1C(O)CC2. The minimum atomic E-state index is -0.371. The number of rotatable bonds is 3. The van der Waals surface area contributed by atoms with Crippen LogP contribution in [0.15, 0.2) is 0 Å². The van der Waals surface area contributed by atoms with Gasteiger partial charge < -0.3 is 10.8 Å². The van der Waals surface area contributed by atoms with E-state index in [-0.39, 0.29) is 6.10 Å². The average molecular weight is 219 g/mol. The summed E-state index contributed by atoms with van der Waals surface area (Å²) in [7, 11) is 0. The van der Waals surface area contributed by atoms with Crippen molar-refractivity contribution in [1.82, 2.24) is 9.97 Å². The van der Waals surface area contributed by atoms with E-state index in [0.717, 1.165) is 42.0 Å². The van der Waals surface area contributed by atoms with Crippen LogP contribution in [0.2, 0.25) is 0 Å². The van der Waals surface area contributed by atoms with E-state index < -0.39 is 0 Å². The average Bonchev–Trinajstić information content (AvgIpc) is 3.05.